The van der Waals surface area contributed by atoms with Gasteiger partial charge in [0.2, 0.25) is 0 Å². The molecule has 0 bridgehead atoms. The van der Waals surface area contributed by atoms with Crippen molar-refractivity contribution in [2.75, 3.05) is 0 Å². The van der Waals surface area contributed by atoms with E-state index in [0.717, 1.165) is 21.9 Å². The summed E-state index contributed by atoms with van der Waals surface area (Å²) in [4.78, 5) is 4.17. The Morgan fingerprint density at radius 2 is 2.05 bits per heavy atom. The molecule has 2 N–H and O–H groups in total. The standard InChI is InChI=1S/C15H17ClN2S/c1-11(17)15(12-6-4-8-18-9-12)19-10-13-5-2-3-7-14(13)16/h2-9,11,15H,10,17H2,1H3. The predicted molar refractivity (Wildman–Crippen MR) is 83.4 cm³/mol. The monoisotopic (exact) mass is 292 g/mol. The molecule has 2 atom stereocenters. The molecule has 2 nitrogen and oxygen atoms in total. The van der Waals surface area contributed by atoms with Crippen LogP contribution in [-0.4, -0.2) is 11.0 Å². The Balaban J connectivity index is 2.09. The van der Waals surface area contributed by atoms with Gasteiger partial charge in [-0.15, -0.1) is 11.8 Å². The van der Waals surface area contributed by atoms with Crippen molar-refractivity contribution >= 4 is 23.4 Å². The summed E-state index contributed by atoms with van der Waals surface area (Å²) >= 11 is 7.98. The minimum Gasteiger partial charge on any atom is -0.327 e. The van der Waals surface area contributed by atoms with E-state index in [4.69, 9.17) is 17.3 Å². The van der Waals surface area contributed by atoms with Crippen LogP contribution < -0.4 is 5.73 Å². The van der Waals surface area contributed by atoms with Crippen molar-refractivity contribution in [2.45, 2.75) is 24.0 Å². The second-order valence-electron chi connectivity index (χ2n) is 4.47. The zero-order valence-corrected chi connectivity index (χ0v) is 12.4. The van der Waals surface area contributed by atoms with E-state index < -0.39 is 0 Å². The van der Waals surface area contributed by atoms with Gasteiger partial charge in [0.15, 0.2) is 0 Å². The van der Waals surface area contributed by atoms with Crippen molar-refractivity contribution in [1.82, 2.24) is 4.98 Å². The fourth-order valence-corrected chi connectivity index (χ4v) is 3.42. The quantitative estimate of drug-likeness (QED) is 0.903. The van der Waals surface area contributed by atoms with Crippen LogP contribution in [0, 0.1) is 0 Å². The van der Waals surface area contributed by atoms with Crippen molar-refractivity contribution < 1.29 is 0 Å². The third-order valence-electron chi connectivity index (χ3n) is 2.87. The molecule has 0 spiro atoms. The maximum absolute atomic E-state index is 6.18. The number of rotatable bonds is 5. The molecule has 2 unspecified atom stereocenters. The number of nitrogens with two attached hydrogens (primary N) is 1. The van der Waals surface area contributed by atoms with Crippen LogP contribution >= 0.6 is 23.4 Å². The third kappa shape index (κ3) is 3.96. The van der Waals surface area contributed by atoms with Gasteiger partial charge >= 0.3 is 0 Å². The van der Waals surface area contributed by atoms with Gasteiger partial charge in [-0.3, -0.25) is 4.98 Å². The van der Waals surface area contributed by atoms with Gasteiger partial charge in [0.05, 0.1) is 0 Å². The molecule has 0 aliphatic heterocycles. The van der Waals surface area contributed by atoms with Crippen LogP contribution in [0.25, 0.3) is 0 Å². The molecule has 0 fully saturated rings. The number of hydrogen-bond donors (Lipinski definition) is 1. The molecule has 0 aliphatic rings. The lowest BCUT2D eigenvalue weighted by Crippen LogP contribution is -2.22. The Morgan fingerprint density at radius 1 is 1.26 bits per heavy atom. The average Bonchev–Trinajstić information content (AvgIpc) is 2.42. The maximum atomic E-state index is 6.18. The molecule has 0 saturated carbocycles. The molecule has 0 radical (unpaired) electrons. The number of thioether (sulfide) groups is 1. The first-order chi connectivity index (χ1) is 9.18. The molecular formula is C15H17ClN2S. The minimum absolute atomic E-state index is 0.0664. The second kappa shape index (κ2) is 6.94. The van der Waals surface area contributed by atoms with Crippen LogP contribution in [0.4, 0.5) is 0 Å². The summed E-state index contributed by atoms with van der Waals surface area (Å²) in [5.74, 6) is 0.848. The summed E-state index contributed by atoms with van der Waals surface area (Å²) in [5.41, 5.74) is 8.39. The van der Waals surface area contributed by atoms with E-state index >= 15 is 0 Å². The van der Waals surface area contributed by atoms with Crippen molar-refractivity contribution in [3.8, 4) is 0 Å². The van der Waals surface area contributed by atoms with Gasteiger partial charge in [0.25, 0.3) is 0 Å². The van der Waals surface area contributed by atoms with E-state index in [-0.39, 0.29) is 11.3 Å². The van der Waals surface area contributed by atoms with E-state index in [1.807, 2.05) is 37.4 Å². The fourth-order valence-electron chi connectivity index (χ4n) is 1.89. The molecule has 0 aliphatic carbocycles. The van der Waals surface area contributed by atoms with Crippen LogP contribution in [-0.2, 0) is 5.75 Å². The molecule has 0 saturated heterocycles. The summed E-state index contributed by atoms with van der Waals surface area (Å²) in [7, 11) is 0. The average molecular weight is 293 g/mol. The highest BCUT2D eigenvalue weighted by atomic mass is 35.5. The summed E-state index contributed by atoms with van der Waals surface area (Å²) in [6, 6.07) is 12.0. The number of aromatic nitrogens is 1. The lowest BCUT2D eigenvalue weighted by molar-refractivity contribution is 0.719. The number of nitrogens with zero attached hydrogens (tertiary/aromatic N) is 1. The Morgan fingerprint density at radius 3 is 2.68 bits per heavy atom. The van der Waals surface area contributed by atoms with Gasteiger partial charge in [0, 0.05) is 34.5 Å². The van der Waals surface area contributed by atoms with E-state index in [2.05, 4.69) is 17.1 Å². The van der Waals surface area contributed by atoms with Crippen LogP contribution in [0.3, 0.4) is 0 Å². The largest absolute Gasteiger partial charge is 0.327 e. The van der Waals surface area contributed by atoms with Crippen LogP contribution in [0.15, 0.2) is 48.8 Å². The van der Waals surface area contributed by atoms with Gasteiger partial charge in [-0.2, -0.15) is 0 Å². The van der Waals surface area contributed by atoms with Crippen LogP contribution in [0.5, 0.6) is 0 Å². The highest BCUT2D eigenvalue weighted by Crippen LogP contribution is 2.34. The van der Waals surface area contributed by atoms with Crippen LogP contribution in [0.1, 0.15) is 23.3 Å². The molecule has 1 heterocycles. The number of hydrogen-bond acceptors (Lipinski definition) is 3. The van der Waals surface area contributed by atoms with E-state index in [1.165, 1.54) is 0 Å². The highest BCUT2D eigenvalue weighted by Gasteiger charge is 2.17. The fraction of sp³-hybridized carbons (Fsp3) is 0.267. The zero-order chi connectivity index (χ0) is 13.7. The molecule has 100 valence electrons. The summed E-state index contributed by atoms with van der Waals surface area (Å²) in [6.45, 7) is 2.03. The van der Waals surface area contributed by atoms with Gasteiger partial charge in [0.1, 0.15) is 0 Å². The third-order valence-corrected chi connectivity index (χ3v) is 4.77. The van der Waals surface area contributed by atoms with E-state index in [0.29, 0.717) is 0 Å². The van der Waals surface area contributed by atoms with Crippen molar-refractivity contribution in [3.63, 3.8) is 0 Å². The van der Waals surface area contributed by atoms with Crippen molar-refractivity contribution in [3.05, 3.63) is 64.9 Å². The molecule has 19 heavy (non-hydrogen) atoms. The lowest BCUT2D eigenvalue weighted by atomic mass is 10.1. The Labute approximate surface area is 123 Å². The molecule has 1 aromatic heterocycles. The first-order valence-corrected chi connectivity index (χ1v) is 7.61. The Kier molecular flexibility index (Phi) is 5.25. The first-order valence-electron chi connectivity index (χ1n) is 6.19. The Hall–Kier alpha value is -1.03. The van der Waals surface area contributed by atoms with Crippen molar-refractivity contribution in [1.29, 1.82) is 0 Å². The predicted octanol–water partition coefficient (Wildman–Crippen LogP) is 4.06. The van der Waals surface area contributed by atoms with E-state index in [9.17, 15) is 0 Å². The first kappa shape index (κ1) is 14.4. The van der Waals surface area contributed by atoms with Gasteiger partial charge in [-0.05, 0) is 30.2 Å². The maximum Gasteiger partial charge on any atom is 0.0464 e. The second-order valence-corrected chi connectivity index (χ2v) is 6.01. The van der Waals surface area contributed by atoms with Crippen LogP contribution in [0.2, 0.25) is 5.02 Å². The highest BCUT2D eigenvalue weighted by molar-refractivity contribution is 7.98. The van der Waals surface area contributed by atoms with Gasteiger partial charge in [-0.25, -0.2) is 0 Å². The smallest absolute Gasteiger partial charge is 0.0464 e. The van der Waals surface area contributed by atoms with E-state index in [1.54, 1.807) is 18.0 Å². The SMILES string of the molecule is CC(N)C(SCc1ccccc1Cl)c1cccnc1. The minimum atomic E-state index is 0.0664. The molecular weight excluding hydrogens is 276 g/mol. The van der Waals surface area contributed by atoms with Gasteiger partial charge in [-0.1, -0.05) is 35.9 Å². The molecule has 0 amide bonds. The topological polar surface area (TPSA) is 38.9 Å². The molecule has 2 rings (SSSR count). The lowest BCUT2D eigenvalue weighted by Gasteiger charge is -2.20. The number of benzene rings is 1. The zero-order valence-electron chi connectivity index (χ0n) is 10.8. The Bertz CT molecular complexity index is 517. The molecule has 1 aromatic carbocycles. The summed E-state index contributed by atoms with van der Waals surface area (Å²) in [5, 5.41) is 1.04. The summed E-state index contributed by atoms with van der Waals surface area (Å²) < 4.78 is 0. The number of halogens is 1. The van der Waals surface area contributed by atoms with Crippen molar-refractivity contribution in [2.24, 2.45) is 5.73 Å². The molecule has 4 heteroatoms. The summed E-state index contributed by atoms with van der Waals surface area (Å²) in [6.07, 6.45) is 3.66. The molecule has 2 aromatic rings. The normalized spacial score (nSPS) is 14.1. The number of pyridine rings is 1. The van der Waals surface area contributed by atoms with Gasteiger partial charge < -0.3 is 5.73 Å².